The molecule has 1 amide bonds. The fraction of sp³-hybridized carbons (Fsp3) is 0.438. The van der Waals surface area contributed by atoms with Crippen molar-refractivity contribution in [2.45, 2.75) is 31.7 Å². The minimum atomic E-state index is 0.0133. The second-order valence-electron chi connectivity index (χ2n) is 5.40. The Kier molecular flexibility index (Phi) is 4.48. The molecule has 3 nitrogen and oxygen atoms in total. The van der Waals surface area contributed by atoms with Crippen molar-refractivity contribution in [3.05, 3.63) is 34.2 Å². The Bertz CT molecular complexity index is 651. The Morgan fingerprint density at radius 3 is 2.76 bits per heavy atom. The molecule has 2 aromatic rings. The lowest BCUT2D eigenvalue weighted by molar-refractivity contribution is 0.0568. The van der Waals surface area contributed by atoms with Crippen molar-refractivity contribution < 1.29 is 9.90 Å². The number of hydrogen-bond donors (Lipinski definition) is 1. The molecule has 1 aliphatic rings. The van der Waals surface area contributed by atoms with Gasteiger partial charge in [0.15, 0.2) is 0 Å². The van der Waals surface area contributed by atoms with E-state index in [-0.39, 0.29) is 12.5 Å². The van der Waals surface area contributed by atoms with Crippen LogP contribution in [0.1, 0.15) is 35.4 Å². The third-order valence-corrected chi connectivity index (χ3v) is 5.73. The van der Waals surface area contributed by atoms with Gasteiger partial charge in [0, 0.05) is 29.3 Å². The highest BCUT2D eigenvalue weighted by Gasteiger charge is 2.31. The van der Waals surface area contributed by atoms with Crippen molar-refractivity contribution in [2.24, 2.45) is 0 Å². The molecule has 1 aliphatic carbocycles. The number of carbonyl (C=O) groups excluding carboxylic acids is 1. The third kappa shape index (κ3) is 2.80. The van der Waals surface area contributed by atoms with E-state index in [0.717, 1.165) is 22.9 Å². The number of benzene rings is 1. The summed E-state index contributed by atoms with van der Waals surface area (Å²) in [6, 6.07) is 8.14. The van der Waals surface area contributed by atoms with Crippen LogP contribution in [-0.4, -0.2) is 35.1 Å². The summed E-state index contributed by atoms with van der Waals surface area (Å²) in [4.78, 5) is 15.4. The maximum absolute atomic E-state index is 12.8. The van der Waals surface area contributed by atoms with E-state index in [0.29, 0.717) is 28.9 Å². The molecule has 1 saturated carbocycles. The third-order valence-electron chi connectivity index (χ3n) is 4.06. The molecule has 1 aromatic heterocycles. The van der Waals surface area contributed by atoms with Gasteiger partial charge in [-0.05, 0) is 31.7 Å². The van der Waals surface area contributed by atoms with Gasteiger partial charge in [0.05, 0.1) is 5.02 Å². The van der Waals surface area contributed by atoms with Crippen molar-refractivity contribution >= 4 is 38.9 Å². The van der Waals surface area contributed by atoms with Crippen LogP contribution in [0.15, 0.2) is 24.3 Å². The van der Waals surface area contributed by atoms with E-state index in [1.807, 2.05) is 29.2 Å². The SMILES string of the molecule is O=C(c1sc2ccccc2c1Cl)N(CCCO)C1CCC1. The van der Waals surface area contributed by atoms with E-state index in [1.165, 1.54) is 17.8 Å². The van der Waals surface area contributed by atoms with Crippen LogP contribution in [0.25, 0.3) is 10.1 Å². The van der Waals surface area contributed by atoms with Crippen LogP contribution >= 0.6 is 22.9 Å². The summed E-state index contributed by atoms with van der Waals surface area (Å²) >= 11 is 7.87. The second-order valence-corrected chi connectivity index (χ2v) is 6.83. The molecule has 0 radical (unpaired) electrons. The molecule has 21 heavy (non-hydrogen) atoms. The first-order valence-electron chi connectivity index (χ1n) is 7.31. The molecular weight excluding hydrogens is 306 g/mol. The van der Waals surface area contributed by atoms with Crippen LogP contribution < -0.4 is 0 Å². The molecule has 112 valence electrons. The molecule has 0 bridgehead atoms. The number of halogens is 1. The van der Waals surface area contributed by atoms with Crippen LogP contribution in [0.4, 0.5) is 0 Å². The summed E-state index contributed by atoms with van der Waals surface area (Å²) in [7, 11) is 0. The monoisotopic (exact) mass is 323 g/mol. The highest BCUT2D eigenvalue weighted by molar-refractivity contribution is 7.21. The zero-order valence-corrected chi connectivity index (χ0v) is 13.3. The van der Waals surface area contributed by atoms with Crippen molar-refractivity contribution in [3.63, 3.8) is 0 Å². The molecule has 1 N–H and O–H groups in total. The zero-order valence-electron chi connectivity index (χ0n) is 11.7. The van der Waals surface area contributed by atoms with Crippen LogP contribution in [0, 0.1) is 0 Å². The van der Waals surface area contributed by atoms with Crippen LogP contribution in [0.3, 0.4) is 0 Å². The molecule has 1 fully saturated rings. The molecule has 0 aliphatic heterocycles. The normalized spacial score (nSPS) is 15.1. The molecule has 1 aromatic carbocycles. The maximum Gasteiger partial charge on any atom is 0.265 e. The molecule has 0 spiro atoms. The van der Waals surface area contributed by atoms with Gasteiger partial charge in [0.1, 0.15) is 4.88 Å². The van der Waals surface area contributed by atoms with Gasteiger partial charge in [0.2, 0.25) is 0 Å². The standard InChI is InChI=1S/C16H18ClNO2S/c17-14-12-7-1-2-8-13(12)21-15(14)16(20)18(9-4-10-19)11-5-3-6-11/h1-2,7-8,11,19H,3-6,9-10H2. The summed E-state index contributed by atoms with van der Waals surface area (Å²) in [6.45, 7) is 0.710. The Labute approximate surface area is 133 Å². The van der Waals surface area contributed by atoms with Gasteiger partial charge in [-0.25, -0.2) is 0 Å². The highest BCUT2D eigenvalue weighted by atomic mass is 35.5. The number of carbonyl (C=O) groups is 1. The van der Waals surface area contributed by atoms with E-state index in [2.05, 4.69) is 0 Å². The van der Waals surface area contributed by atoms with Crippen LogP contribution in [0.5, 0.6) is 0 Å². The lowest BCUT2D eigenvalue weighted by Gasteiger charge is -2.37. The lowest BCUT2D eigenvalue weighted by Crippen LogP contribution is -2.44. The van der Waals surface area contributed by atoms with Crippen LogP contribution in [0.2, 0.25) is 5.02 Å². The average Bonchev–Trinajstić information content (AvgIpc) is 2.78. The van der Waals surface area contributed by atoms with Gasteiger partial charge >= 0.3 is 0 Å². The molecule has 1 heterocycles. The van der Waals surface area contributed by atoms with E-state index >= 15 is 0 Å². The van der Waals surface area contributed by atoms with Crippen LogP contribution in [-0.2, 0) is 0 Å². The number of amides is 1. The van der Waals surface area contributed by atoms with Crippen molar-refractivity contribution in [2.75, 3.05) is 13.2 Å². The van der Waals surface area contributed by atoms with Gasteiger partial charge in [0.25, 0.3) is 5.91 Å². The van der Waals surface area contributed by atoms with Crippen molar-refractivity contribution in [3.8, 4) is 0 Å². The number of aliphatic hydroxyl groups is 1. The highest BCUT2D eigenvalue weighted by Crippen LogP contribution is 2.37. The van der Waals surface area contributed by atoms with E-state index in [4.69, 9.17) is 16.7 Å². The molecule has 5 heteroatoms. The van der Waals surface area contributed by atoms with Gasteiger partial charge in [-0.1, -0.05) is 29.8 Å². The lowest BCUT2D eigenvalue weighted by atomic mass is 9.91. The first kappa shape index (κ1) is 14.8. The van der Waals surface area contributed by atoms with Crippen molar-refractivity contribution in [1.29, 1.82) is 0 Å². The fourth-order valence-electron chi connectivity index (χ4n) is 2.67. The number of fused-ring (bicyclic) bond motifs is 1. The summed E-state index contributed by atoms with van der Waals surface area (Å²) in [6.07, 6.45) is 3.90. The molecule has 0 atom stereocenters. The molecule has 3 rings (SSSR count). The van der Waals surface area contributed by atoms with Gasteiger partial charge in [-0.15, -0.1) is 11.3 Å². The fourth-order valence-corrected chi connectivity index (χ4v) is 4.14. The number of nitrogens with zero attached hydrogens (tertiary/aromatic N) is 1. The van der Waals surface area contributed by atoms with Gasteiger partial charge < -0.3 is 10.0 Å². The largest absolute Gasteiger partial charge is 0.396 e. The average molecular weight is 324 g/mol. The number of aliphatic hydroxyl groups excluding tert-OH is 1. The molecule has 0 unspecified atom stereocenters. The number of rotatable bonds is 5. The number of hydrogen-bond acceptors (Lipinski definition) is 3. The minimum Gasteiger partial charge on any atom is -0.396 e. The first-order chi connectivity index (χ1) is 10.2. The summed E-state index contributed by atoms with van der Waals surface area (Å²) in [5.74, 6) is 0.0133. The smallest absolute Gasteiger partial charge is 0.265 e. The van der Waals surface area contributed by atoms with Gasteiger partial charge in [-0.2, -0.15) is 0 Å². The summed E-state index contributed by atoms with van der Waals surface area (Å²) in [5.41, 5.74) is 0. The molecule has 0 saturated heterocycles. The zero-order chi connectivity index (χ0) is 14.8. The second kappa shape index (κ2) is 6.34. The Morgan fingerprint density at radius 1 is 1.38 bits per heavy atom. The number of thiophene rings is 1. The first-order valence-corrected chi connectivity index (χ1v) is 8.50. The summed E-state index contributed by atoms with van der Waals surface area (Å²) in [5, 5.41) is 10.6. The Hall–Kier alpha value is -1.10. The van der Waals surface area contributed by atoms with Gasteiger partial charge in [-0.3, -0.25) is 4.79 Å². The molecular formula is C16H18ClNO2S. The predicted octanol–water partition coefficient (Wildman–Crippen LogP) is 3.93. The Balaban J connectivity index is 1.91. The topological polar surface area (TPSA) is 40.5 Å². The summed E-state index contributed by atoms with van der Waals surface area (Å²) < 4.78 is 1.04. The van der Waals surface area contributed by atoms with E-state index in [1.54, 1.807) is 0 Å². The van der Waals surface area contributed by atoms with E-state index in [9.17, 15) is 4.79 Å². The Morgan fingerprint density at radius 2 is 2.14 bits per heavy atom. The predicted molar refractivity (Wildman–Crippen MR) is 87.2 cm³/mol. The maximum atomic E-state index is 12.8. The van der Waals surface area contributed by atoms with Crippen molar-refractivity contribution in [1.82, 2.24) is 4.90 Å². The quantitative estimate of drug-likeness (QED) is 0.905. The van der Waals surface area contributed by atoms with E-state index < -0.39 is 0 Å². The minimum absolute atomic E-state index is 0.0133.